The number of aryl methyl sites for hydroxylation is 1. The molecule has 0 aliphatic heterocycles. The molecule has 2 atom stereocenters. The van der Waals surface area contributed by atoms with E-state index in [2.05, 4.69) is 10.3 Å². The molecule has 0 aromatic carbocycles. The minimum absolute atomic E-state index is 0.0782. The van der Waals surface area contributed by atoms with Crippen molar-refractivity contribution in [1.82, 2.24) is 10.3 Å². The first-order valence-corrected chi connectivity index (χ1v) is 7.96. The van der Waals surface area contributed by atoms with E-state index in [1.165, 1.54) is 4.88 Å². The van der Waals surface area contributed by atoms with Gasteiger partial charge in [0.2, 0.25) is 0 Å². The van der Waals surface area contributed by atoms with E-state index >= 15 is 0 Å². The van der Waals surface area contributed by atoms with Crippen LogP contribution in [0.5, 0.6) is 0 Å². The monoisotopic (exact) mass is 310 g/mol. The Balaban J connectivity index is 1.57. The van der Waals surface area contributed by atoms with Crippen LogP contribution in [0.1, 0.15) is 29.3 Å². The summed E-state index contributed by atoms with van der Waals surface area (Å²) in [7, 11) is 0. The van der Waals surface area contributed by atoms with Crippen LogP contribution in [0.2, 0.25) is 0 Å². The molecule has 0 fully saturated rings. The van der Waals surface area contributed by atoms with E-state index in [4.69, 9.17) is 9.15 Å². The van der Waals surface area contributed by atoms with Crippen molar-refractivity contribution in [3.63, 3.8) is 0 Å². The smallest absolute Gasteiger partial charge is 0.120 e. The third-order valence-electron chi connectivity index (χ3n) is 3.26. The van der Waals surface area contributed by atoms with Gasteiger partial charge in [-0.1, -0.05) is 0 Å². The summed E-state index contributed by atoms with van der Waals surface area (Å²) in [6.45, 7) is 5.41. The summed E-state index contributed by atoms with van der Waals surface area (Å²) in [5.74, 6) is 0.865. The van der Waals surface area contributed by atoms with Gasteiger partial charge in [-0.05, 0) is 26.0 Å². The van der Waals surface area contributed by atoms with Gasteiger partial charge in [-0.25, -0.2) is 4.98 Å². The second-order valence-electron chi connectivity index (χ2n) is 4.99. The van der Waals surface area contributed by atoms with Gasteiger partial charge in [0.05, 0.1) is 42.8 Å². The predicted molar refractivity (Wildman–Crippen MR) is 82.5 cm³/mol. The third-order valence-corrected chi connectivity index (χ3v) is 4.25. The molecular weight excluding hydrogens is 288 g/mol. The van der Waals surface area contributed by atoms with Crippen molar-refractivity contribution in [2.75, 3.05) is 19.8 Å². The Morgan fingerprint density at radius 3 is 3.05 bits per heavy atom. The lowest BCUT2D eigenvalue weighted by atomic mass is 10.2. The molecule has 0 saturated heterocycles. The molecule has 21 heavy (non-hydrogen) atoms. The lowest BCUT2D eigenvalue weighted by molar-refractivity contribution is 0.0370. The molecule has 0 amide bonds. The number of thiazole rings is 1. The van der Waals surface area contributed by atoms with Crippen LogP contribution in [0.3, 0.4) is 0 Å². The van der Waals surface area contributed by atoms with Crippen LogP contribution in [-0.4, -0.2) is 36.0 Å². The Bertz CT molecular complexity index is 513. The first kappa shape index (κ1) is 16.2. The third kappa shape index (κ3) is 5.24. The van der Waals surface area contributed by atoms with E-state index in [-0.39, 0.29) is 6.04 Å². The van der Waals surface area contributed by atoms with Crippen molar-refractivity contribution in [2.45, 2.75) is 32.4 Å². The lowest BCUT2D eigenvalue weighted by Gasteiger charge is -2.15. The molecule has 116 valence electrons. The fourth-order valence-electron chi connectivity index (χ4n) is 1.96. The van der Waals surface area contributed by atoms with E-state index in [1.807, 2.05) is 31.5 Å². The molecular formula is C15H22N2O3S. The second-order valence-corrected chi connectivity index (χ2v) is 5.92. The molecule has 2 rings (SSSR count). The highest BCUT2D eigenvalue weighted by Gasteiger charge is 2.11. The number of nitrogens with zero attached hydrogens (tertiary/aromatic N) is 1. The van der Waals surface area contributed by atoms with Crippen molar-refractivity contribution in [3.8, 4) is 0 Å². The van der Waals surface area contributed by atoms with Crippen molar-refractivity contribution < 1.29 is 14.3 Å². The quantitative estimate of drug-likeness (QED) is 0.696. The highest BCUT2D eigenvalue weighted by molar-refractivity contribution is 7.09. The molecule has 5 nitrogen and oxygen atoms in total. The summed E-state index contributed by atoms with van der Waals surface area (Å²) < 4.78 is 10.8. The number of furan rings is 1. The average molecular weight is 310 g/mol. The summed E-state index contributed by atoms with van der Waals surface area (Å²) in [5.41, 5.74) is 2.91. The molecule has 2 N–H and O–H groups in total. The Hall–Kier alpha value is -1.21. The van der Waals surface area contributed by atoms with Gasteiger partial charge in [-0.15, -0.1) is 11.3 Å². The normalized spacial score (nSPS) is 14.2. The van der Waals surface area contributed by atoms with Gasteiger partial charge in [0, 0.05) is 17.8 Å². The first-order chi connectivity index (χ1) is 10.2. The molecule has 0 spiro atoms. The molecule has 0 aliphatic carbocycles. The maximum Gasteiger partial charge on any atom is 0.120 e. The van der Waals surface area contributed by atoms with Crippen LogP contribution in [-0.2, 0) is 11.2 Å². The molecule has 0 bridgehead atoms. The molecule has 0 saturated carbocycles. The van der Waals surface area contributed by atoms with Gasteiger partial charge in [0.15, 0.2) is 0 Å². The molecule has 0 radical (unpaired) electrons. The maximum absolute atomic E-state index is 9.88. The summed E-state index contributed by atoms with van der Waals surface area (Å²) in [4.78, 5) is 5.44. The highest BCUT2D eigenvalue weighted by Crippen LogP contribution is 2.13. The number of hydrogen-bond donors (Lipinski definition) is 2. The number of rotatable bonds is 9. The molecule has 6 heteroatoms. The second kappa shape index (κ2) is 8.29. The Kier molecular flexibility index (Phi) is 6.38. The van der Waals surface area contributed by atoms with Crippen LogP contribution in [0.4, 0.5) is 0 Å². The predicted octanol–water partition coefficient (Wildman–Crippen LogP) is 2.32. The largest absolute Gasteiger partial charge is 0.468 e. The zero-order valence-corrected chi connectivity index (χ0v) is 13.2. The van der Waals surface area contributed by atoms with Crippen LogP contribution in [0.25, 0.3) is 0 Å². The highest BCUT2D eigenvalue weighted by atomic mass is 32.1. The average Bonchev–Trinajstić information content (AvgIpc) is 3.13. The van der Waals surface area contributed by atoms with Crippen molar-refractivity contribution in [3.05, 3.63) is 40.2 Å². The first-order valence-electron chi connectivity index (χ1n) is 7.08. The number of ether oxygens (including phenoxy) is 1. The number of aliphatic hydroxyl groups excluding tert-OH is 1. The number of nitrogens with one attached hydrogen (secondary N) is 1. The summed E-state index contributed by atoms with van der Waals surface area (Å²) >= 11 is 1.64. The summed E-state index contributed by atoms with van der Waals surface area (Å²) in [6.07, 6.45) is 1.97. The minimum atomic E-state index is -0.523. The molecule has 0 aliphatic rings. The Morgan fingerprint density at radius 2 is 2.38 bits per heavy atom. The maximum atomic E-state index is 9.88. The van der Waals surface area contributed by atoms with E-state index in [0.29, 0.717) is 19.8 Å². The van der Waals surface area contributed by atoms with E-state index in [9.17, 15) is 5.11 Å². The fourth-order valence-corrected chi connectivity index (χ4v) is 2.72. The topological polar surface area (TPSA) is 67.5 Å². The van der Waals surface area contributed by atoms with E-state index in [0.717, 1.165) is 17.9 Å². The number of hydrogen-bond acceptors (Lipinski definition) is 6. The standard InChI is InChI=1S/C15H22N2O3S/c1-11(14-4-3-6-20-14)16-8-13(18)9-19-7-5-15-12(2)17-10-21-15/h3-4,6,10-11,13,16,18H,5,7-9H2,1-2H3/t11-,13?/m1/s1. The Morgan fingerprint density at radius 1 is 1.52 bits per heavy atom. The lowest BCUT2D eigenvalue weighted by Crippen LogP contribution is -2.32. The zero-order valence-electron chi connectivity index (χ0n) is 12.4. The summed E-state index contributed by atoms with van der Waals surface area (Å²) in [5, 5.41) is 13.1. The number of aromatic nitrogens is 1. The van der Waals surface area contributed by atoms with E-state index in [1.54, 1.807) is 17.6 Å². The van der Waals surface area contributed by atoms with Gasteiger partial charge < -0.3 is 19.6 Å². The van der Waals surface area contributed by atoms with Crippen LogP contribution >= 0.6 is 11.3 Å². The summed E-state index contributed by atoms with van der Waals surface area (Å²) in [6, 6.07) is 3.85. The fraction of sp³-hybridized carbons (Fsp3) is 0.533. The van der Waals surface area contributed by atoms with Gasteiger partial charge in [-0.2, -0.15) is 0 Å². The minimum Gasteiger partial charge on any atom is -0.468 e. The zero-order chi connectivity index (χ0) is 15.1. The SMILES string of the molecule is Cc1ncsc1CCOCC(O)CN[C@H](C)c1ccco1. The van der Waals surface area contributed by atoms with Gasteiger partial charge in [-0.3, -0.25) is 0 Å². The van der Waals surface area contributed by atoms with Gasteiger partial charge in [0.25, 0.3) is 0 Å². The van der Waals surface area contributed by atoms with Crippen molar-refractivity contribution in [2.24, 2.45) is 0 Å². The molecule has 2 aromatic heterocycles. The van der Waals surface area contributed by atoms with Crippen LogP contribution in [0, 0.1) is 6.92 Å². The molecule has 2 heterocycles. The molecule has 2 aromatic rings. The van der Waals surface area contributed by atoms with Gasteiger partial charge >= 0.3 is 0 Å². The van der Waals surface area contributed by atoms with E-state index < -0.39 is 6.10 Å². The van der Waals surface area contributed by atoms with Crippen molar-refractivity contribution >= 4 is 11.3 Å². The number of aliphatic hydroxyl groups is 1. The van der Waals surface area contributed by atoms with Crippen molar-refractivity contribution in [1.29, 1.82) is 0 Å². The Labute approximate surface area is 129 Å². The van der Waals surface area contributed by atoms with Crippen LogP contribution in [0.15, 0.2) is 28.3 Å². The molecule has 1 unspecified atom stereocenters. The van der Waals surface area contributed by atoms with Crippen LogP contribution < -0.4 is 5.32 Å². The van der Waals surface area contributed by atoms with Gasteiger partial charge in [0.1, 0.15) is 5.76 Å².